The summed E-state index contributed by atoms with van der Waals surface area (Å²) in [6.45, 7) is 6.02. The Morgan fingerprint density at radius 2 is 2.26 bits per heavy atom. The van der Waals surface area contributed by atoms with Crippen molar-refractivity contribution in [2.75, 3.05) is 13.7 Å². The Bertz CT molecular complexity index is 681. The molecule has 23 heavy (non-hydrogen) atoms. The van der Waals surface area contributed by atoms with Crippen molar-refractivity contribution in [3.8, 4) is 11.5 Å². The van der Waals surface area contributed by atoms with Gasteiger partial charge in [-0.1, -0.05) is 18.1 Å². The Hall–Kier alpha value is -2.01. The topological polar surface area (TPSA) is 58.7 Å². The zero-order chi connectivity index (χ0) is 16.4. The van der Waals surface area contributed by atoms with Gasteiger partial charge in [0, 0.05) is 24.6 Å². The number of hydrogen-bond donors (Lipinski definition) is 1. The molecule has 0 bridgehead atoms. The predicted molar refractivity (Wildman–Crippen MR) is 87.7 cm³/mol. The molecule has 1 fully saturated rings. The average Bonchev–Trinajstić information content (AvgIpc) is 3.14. The summed E-state index contributed by atoms with van der Waals surface area (Å²) in [5, 5.41) is 13.9. The first kappa shape index (κ1) is 15.9. The first-order valence-electron chi connectivity index (χ1n) is 8.19. The van der Waals surface area contributed by atoms with Crippen molar-refractivity contribution in [2.24, 2.45) is 0 Å². The minimum absolute atomic E-state index is 0.178. The van der Waals surface area contributed by atoms with Crippen molar-refractivity contribution < 1.29 is 14.4 Å². The van der Waals surface area contributed by atoms with Crippen molar-refractivity contribution in [3.05, 3.63) is 40.8 Å². The van der Waals surface area contributed by atoms with E-state index in [4.69, 9.17) is 9.26 Å². The minimum Gasteiger partial charge on any atom is -0.504 e. The highest BCUT2D eigenvalue weighted by Crippen LogP contribution is 2.37. The number of phenols is 1. The van der Waals surface area contributed by atoms with Crippen LogP contribution in [0.15, 0.2) is 22.7 Å². The molecule has 1 N–H and O–H groups in total. The molecular formula is C18H24N2O3. The van der Waals surface area contributed by atoms with Crippen LogP contribution in [-0.2, 0) is 13.0 Å². The van der Waals surface area contributed by atoms with Crippen LogP contribution in [0.2, 0.25) is 0 Å². The zero-order valence-corrected chi connectivity index (χ0v) is 14.0. The van der Waals surface area contributed by atoms with Crippen LogP contribution in [0.5, 0.6) is 11.5 Å². The van der Waals surface area contributed by atoms with Crippen molar-refractivity contribution in [3.63, 3.8) is 0 Å². The Kier molecular flexibility index (Phi) is 4.57. The molecule has 5 heteroatoms. The summed E-state index contributed by atoms with van der Waals surface area (Å²) in [7, 11) is 1.57. The van der Waals surface area contributed by atoms with Gasteiger partial charge in [-0.2, -0.15) is 0 Å². The zero-order valence-electron chi connectivity index (χ0n) is 14.0. The fourth-order valence-corrected chi connectivity index (χ4v) is 3.50. The molecule has 0 aliphatic carbocycles. The van der Waals surface area contributed by atoms with Crippen LogP contribution in [0.3, 0.4) is 0 Å². The maximum atomic E-state index is 9.74. The van der Waals surface area contributed by atoms with E-state index in [-0.39, 0.29) is 5.75 Å². The molecule has 3 rings (SSSR count). The van der Waals surface area contributed by atoms with E-state index < -0.39 is 0 Å². The third kappa shape index (κ3) is 3.06. The van der Waals surface area contributed by atoms with Gasteiger partial charge in [0.1, 0.15) is 5.76 Å². The standard InChI is InChI=1S/C18H24N2O3/c1-4-16-18(12(2)19-23-16)14-6-5-9-20(14)11-13-7-8-15(21)17(10-13)22-3/h7-8,10,14,21H,4-6,9,11H2,1-3H3/t14-/m1/s1. The first-order chi connectivity index (χ1) is 11.1. The highest BCUT2D eigenvalue weighted by Gasteiger charge is 2.31. The predicted octanol–water partition coefficient (Wildman–Crippen LogP) is 3.60. The summed E-state index contributed by atoms with van der Waals surface area (Å²) < 4.78 is 10.7. The summed E-state index contributed by atoms with van der Waals surface area (Å²) in [6, 6.07) is 5.91. The van der Waals surface area contributed by atoms with Crippen molar-refractivity contribution in [1.82, 2.24) is 10.1 Å². The number of nitrogens with zero attached hydrogens (tertiary/aromatic N) is 2. The Morgan fingerprint density at radius 3 is 3.00 bits per heavy atom. The van der Waals surface area contributed by atoms with E-state index in [2.05, 4.69) is 17.0 Å². The molecule has 1 aromatic carbocycles. The van der Waals surface area contributed by atoms with Gasteiger partial charge >= 0.3 is 0 Å². The normalized spacial score (nSPS) is 18.5. The lowest BCUT2D eigenvalue weighted by Gasteiger charge is -2.25. The third-order valence-corrected chi connectivity index (χ3v) is 4.63. The van der Waals surface area contributed by atoms with Gasteiger partial charge < -0.3 is 14.4 Å². The molecule has 2 heterocycles. The summed E-state index contributed by atoms with van der Waals surface area (Å²) in [6.07, 6.45) is 3.17. The van der Waals surface area contributed by atoms with E-state index in [1.807, 2.05) is 19.1 Å². The number of methoxy groups -OCH3 is 1. The summed E-state index contributed by atoms with van der Waals surface area (Å²) >= 11 is 0. The highest BCUT2D eigenvalue weighted by molar-refractivity contribution is 5.41. The lowest BCUT2D eigenvalue weighted by Crippen LogP contribution is -2.23. The summed E-state index contributed by atoms with van der Waals surface area (Å²) in [5.74, 6) is 1.70. The third-order valence-electron chi connectivity index (χ3n) is 4.63. The molecule has 1 aliphatic heterocycles. The largest absolute Gasteiger partial charge is 0.504 e. The van der Waals surface area contributed by atoms with E-state index >= 15 is 0 Å². The molecule has 1 aromatic heterocycles. The van der Waals surface area contributed by atoms with E-state index in [0.29, 0.717) is 11.8 Å². The number of hydrogen-bond acceptors (Lipinski definition) is 5. The maximum Gasteiger partial charge on any atom is 0.160 e. The lowest BCUT2D eigenvalue weighted by atomic mass is 10.0. The van der Waals surface area contributed by atoms with Crippen LogP contribution < -0.4 is 4.74 Å². The molecule has 0 amide bonds. The fraction of sp³-hybridized carbons (Fsp3) is 0.500. The molecule has 124 valence electrons. The number of benzene rings is 1. The number of ether oxygens (including phenoxy) is 1. The van der Waals surface area contributed by atoms with Crippen LogP contribution in [0.25, 0.3) is 0 Å². The lowest BCUT2D eigenvalue weighted by molar-refractivity contribution is 0.244. The van der Waals surface area contributed by atoms with Crippen molar-refractivity contribution in [2.45, 2.75) is 45.7 Å². The maximum absolute atomic E-state index is 9.74. The van der Waals surface area contributed by atoms with Crippen LogP contribution >= 0.6 is 0 Å². The first-order valence-corrected chi connectivity index (χ1v) is 8.19. The number of rotatable bonds is 5. The van der Waals surface area contributed by atoms with Gasteiger partial charge in [0.25, 0.3) is 0 Å². The van der Waals surface area contributed by atoms with Gasteiger partial charge in [0.05, 0.1) is 12.8 Å². The molecule has 0 unspecified atom stereocenters. The van der Waals surface area contributed by atoms with Crippen LogP contribution in [-0.4, -0.2) is 28.8 Å². The van der Waals surface area contributed by atoms with E-state index in [9.17, 15) is 5.11 Å². The van der Waals surface area contributed by atoms with E-state index in [1.54, 1.807) is 13.2 Å². The molecular weight excluding hydrogens is 292 g/mol. The second-order valence-corrected chi connectivity index (χ2v) is 6.09. The fourth-order valence-electron chi connectivity index (χ4n) is 3.50. The monoisotopic (exact) mass is 316 g/mol. The quantitative estimate of drug-likeness (QED) is 0.913. The number of phenolic OH excluding ortho intramolecular Hbond substituents is 1. The van der Waals surface area contributed by atoms with Gasteiger partial charge in [0.2, 0.25) is 0 Å². The van der Waals surface area contributed by atoms with Gasteiger partial charge in [0.15, 0.2) is 11.5 Å². The van der Waals surface area contributed by atoms with Gasteiger partial charge in [-0.05, 0) is 44.0 Å². The Morgan fingerprint density at radius 1 is 1.43 bits per heavy atom. The molecule has 1 atom stereocenters. The Balaban J connectivity index is 1.83. The number of aromatic hydroxyl groups is 1. The van der Waals surface area contributed by atoms with E-state index in [1.165, 1.54) is 12.0 Å². The second-order valence-electron chi connectivity index (χ2n) is 6.09. The number of aromatic nitrogens is 1. The summed E-state index contributed by atoms with van der Waals surface area (Å²) in [5.41, 5.74) is 3.40. The van der Waals surface area contributed by atoms with Crippen LogP contribution in [0.1, 0.15) is 48.4 Å². The van der Waals surface area contributed by atoms with E-state index in [0.717, 1.165) is 42.9 Å². The average molecular weight is 316 g/mol. The minimum atomic E-state index is 0.178. The van der Waals surface area contributed by atoms with Gasteiger partial charge in [-0.3, -0.25) is 4.90 Å². The number of aryl methyl sites for hydroxylation is 2. The molecule has 1 aliphatic rings. The van der Waals surface area contributed by atoms with Crippen LogP contribution in [0.4, 0.5) is 0 Å². The van der Waals surface area contributed by atoms with Gasteiger partial charge in [-0.15, -0.1) is 0 Å². The second kappa shape index (κ2) is 6.62. The summed E-state index contributed by atoms with van der Waals surface area (Å²) in [4.78, 5) is 2.46. The SMILES string of the molecule is CCc1onc(C)c1[C@H]1CCCN1Cc1ccc(O)c(OC)c1. The van der Waals surface area contributed by atoms with Gasteiger partial charge in [-0.25, -0.2) is 0 Å². The molecule has 5 nitrogen and oxygen atoms in total. The smallest absolute Gasteiger partial charge is 0.160 e. The Labute approximate surface area is 136 Å². The molecule has 0 saturated carbocycles. The van der Waals surface area contributed by atoms with Crippen LogP contribution in [0, 0.1) is 6.92 Å². The highest BCUT2D eigenvalue weighted by atomic mass is 16.5. The molecule has 1 saturated heterocycles. The number of likely N-dealkylation sites (tertiary alicyclic amines) is 1. The van der Waals surface area contributed by atoms with Crippen molar-refractivity contribution in [1.29, 1.82) is 0 Å². The van der Waals surface area contributed by atoms with Crippen molar-refractivity contribution >= 4 is 0 Å². The molecule has 2 aromatic rings. The molecule has 0 radical (unpaired) electrons. The molecule has 0 spiro atoms.